The number of ether oxygens (including phenoxy) is 1. The van der Waals surface area contributed by atoms with Crippen molar-refractivity contribution in [3.05, 3.63) is 34.2 Å². The maximum absolute atomic E-state index is 12.1. The fraction of sp³-hybridized carbons (Fsp3) is 0.562. The van der Waals surface area contributed by atoms with E-state index in [9.17, 15) is 14.4 Å². The molecule has 0 amide bonds. The molecule has 0 saturated heterocycles. The van der Waals surface area contributed by atoms with Crippen molar-refractivity contribution in [3.8, 4) is 0 Å². The van der Waals surface area contributed by atoms with Gasteiger partial charge in [-0.15, -0.1) is 0 Å². The zero-order chi connectivity index (χ0) is 15.8. The predicted molar refractivity (Wildman–Crippen MR) is 80.2 cm³/mol. The lowest BCUT2D eigenvalue weighted by Gasteiger charge is -2.19. The van der Waals surface area contributed by atoms with Gasteiger partial charge in [0.05, 0.1) is 6.61 Å². The van der Waals surface area contributed by atoms with Crippen molar-refractivity contribution in [3.63, 3.8) is 0 Å². The molecule has 116 valence electrons. The number of hydrogen-bond acceptors (Lipinski definition) is 4. The summed E-state index contributed by atoms with van der Waals surface area (Å²) in [5, 5.41) is 0. The molecule has 0 radical (unpaired) electrons. The summed E-state index contributed by atoms with van der Waals surface area (Å²) in [6.07, 6.45) is 3.91. The van der Waals surface area contributed by atoms with E-state index in [4.69, 9.17) is 4.74 Å². The summed E-state index contributed by atoms with van der Waals surface area (Å²) in [6.45, 7) is 6.17. The summed E-state index contributed by atoms with van der Waals surface area (Å²) in [7, 11) is 0. The summed E-state index contributed by atoms with van der Waals surface area (Å²) < 4.78 is 6.47. The van der Waals surface area contributed by atoms with Crippen LogP contribution in [0.3, 0.4) is 0 Å². The Balaban J connectivity index is 3.04. The molecule has 0 fully saturated rings. The van der Waals surface area contributed by atoms with Crippen LogP contribution >= 0.6 is 0 Å². The van der Waals surface area contributed by atoms with Crippen molar-refractivity contribution in [1.82, 2.24) is 4.57 Å². The van der Waals surface area contributed by atoms with Crippen molar-refractivity contribution in [1.29, 1.82) is 0 Å². The molecule has 5 heteroatoms. The van der Waals surface area contributed by atoms with Crippen molar-refractivity contribution in [2.24, 2.45) is 5.92 Å². The molecule has 0 spiro atoms. The van der Waals surface area contributed by atoms with Crippen LogP contribution in [0.25, 0.3) is 0 Å². The van der Waals surface area contributed by atoms with Crippen LogP contribution in [0.2, 0.25) is 0 Å². The van der Waals surface area contributed by atoms with E-state index in [1.54, 1.807) is 19.2 Å². The average molecular weight is 293 g/mol. The van der Waals surface area contributed by atoms with Gasteiger partial charge in [-0.3, -0.25) is 4.79 Å². The third-order valence-electron chi connectivity index (χ3n) is 3.24. The molecule has 0 aromatic carbocycles. The zero-order valence-electron chi connectivity index (χ0n) is 12.9. The Kier molecular flexibility index (Phi) is 6.85. The van der Waals surface area contributed by atoms with E-state index in [-0.39, 0.29) is 24.6 Å². The first-order valence-electron chi connectivity index (χ1n) is 7.30. The molecule has 21 heavy (non-hydrogen) atoms. The summed E-state index contributed by atoms with van der Waals surface area (Å²) >= 11 is 0. The average Bonchev–Trinajstić information content (AvgIpc) is 2.41. The van der Waals surface area contributed by atoms with Gasteiger partial charge in [-0.05, 0) is 37.3 Å². The monoisotopic (exact) mass is 293 g/mol. The molecule has 1 rings (SSSR count). The second kappa shape index (κ2) is 8.39. The number of carbonyl (C=O) groups excluding carboxylic acids is 2. The lowest BCUT2D eigenvalue weighted by atomic mass is 10.0. The largest absolute Gasteiger partial charge is 0.464 e. The van der Waals surface area contributed by atoms with Gasteiger partial charge in [0.15, 0.2) is 0 Å². The second-order valence-corrected chi connectivity index (χ2v) is 5.39. The SMILES string of the molecule is CCOC(=O)C(CCC(C)C)n1ccc(CC=O)cc1=O. The maximum Gasteiger partial charge on any atom is 0.329 e. The third kappa shape index (κ3) is 5.17. The quantitative estimate of drug-likeness (QED) is 0.544. The van der Waals surface area contributed by atoms with Crippen LogP contribution in [-0.4, -0.2) is 23.4 Å². The Morgan fingerprint density at radius 3 is 2.62 bits per heavy atom. The highest BCUT2D eigenvalue weighted by atomic mass is 16.5. The molecule has 1 aromatic rings. The Morgan fingerprint density at radius 2 is 2.10 bits per heavy atom. The van der Waals surface area contributed by atoms with Crippen LogP contribution in [0, 0.1) is 5.92 Å². The Morgan fingerprint density at radius 1 is 1.38 bits per heavy atom. The standard InChI is InChI=1S/C16H23NO4/c1-4-21-16(20)14(6-5-12(2)3)17-9-7-13(8-10-18)11-15(17)19/h7,9-12,14H,4-6,8H2,1-3H3. The van der Waals surface area contributed by atoms with Gasteiger partial charge in [-0.25, -0.2) is 4.79 Å². The summed E-state index contributed by atoms with van der Waals surface area (Å²) in [5.74, 6) is 0.0513. The van der Waals surface area contributed by atoms with E-state index in [0.717, 1.165) is 12.7 Å². The van der Waals surface area contributed by atoms with Crippen molar-refractivity contribution < 1.29 is 14.3 Å². The van der Waals surface area contributed by atoms with Crippen molar-refractivity contribution >= 4 is 12.3 Å². The van der Waals surface area contributed by atoms with Gasteiger partial charge >= 0.3 is 5.97 Å². The van der Waals surface area contributed by atoms with E-state index in [1.807, 2.05) is 0 Å². The van der Waals surface area contributed by atoms with E-state index in [2.05, 4.69) is 13.8 Å². The summed E-state index contributed by atoms with van der Waals surface area (Å²) in [6, 6.07) is 2.48. The second-order valence-electron chi connectivity index (χ2n) is 5.39. The molecule has 0 aliphatic carbocycles. The fourth-order valence-electron chi connectivity index (χ4n) is 2.11. The number of nitrogens with zero attached hydrogens (tertiary/aromatic N) is 1. The van der Waals surface area contributed by atoms with Crippen LogP contribution in [-0.2, 0) is 20.7 Å². The van der Waals surface area contributed by atoms with Crippen molar-refractivity contribution in [2.75, 3.05) is 6.61 Å². The van der Waals surface area contributed by atoms with Gasteiger partial charge in [0.2, 0.25) is 0 Å². The molecule has 1 atom stereocenters. The number of carbonyl (C=O) groups is 2. The highest BCUT2D eigenvalue weighted by molar-refractivity contribution is 5.74. The first-order valence-corrected chi connectivity index (χ1v) is 7.30. The molecule has 5 nitrogen and oxygen atoms in total. The highest BCUT2D eigenvalue weighted by Gasteiger charge is 2.22. The maximum atomic E-state index is 12.1. The lowest BCUT2D eigenvalue weighted by molar-refractivity contribution is -0.147. The minimum atomic E-state index is -0.606. The molecular formula is C16H23NO4. The first-order chi connectivity index (χ1) is 9.99. The smallest absolute Gasteiger partial charge is 0.329 e. The number of pyridine rings is 1. The summed E-state index contributed by atoms with van der Waals surface area (Å²) in [5.41, 5.74) is 0.369. The molecule has 0 aliphatic rings. The predicted octanol–water partition coefficient (Wildman–Crippen LogP) is 2.13. The Hall–Kier alpha value is -1.91. The molecule has 0 aliphatic heterocycles. The van der Waals surface area contributed by atoms with E-state index < -0.39 is 6.04 Å². The zero-order valence-corrected chi connectivity index (χ0v) is 12.9. The third-order valence-corrected chi connectivity index (χ3v) is 3.24. The minimum absolute atomic E-state index is 0.201. The van der Waals surface area contributed by atoms with Gasteiger partial charge in [0.25, 0.3) is 5.56 Å². The Labute approximate surface area is 124 Å². The van der Waals surface area contributed by atoms with Crippen molar-refractivity contribution in [2.45, 2.75) is 46.1 Å². The number of aldehydes is 1. The molecular weight excluding hydrogens is 270 g/mol. The van der Waals surface area contributed by atoms with E-state index in [1.165, 1.54) is 10.6 Å². The number of esters is 1. The number of rotatable bonds is 8. The lowest BCUT2D eigenvalue weighted by Crippen LogP contribution is -2.31. The molecule has 1 heterocycles. The molecule has 1 unspecified atom stereocenters. The molecule has 0 N–H and O–H groups in total. The molecule has 0 bridgehead atoms. The highest BCUT2D eigenvalue weighted by Crippen LogP contribution is 2.18. The van der Waals surface area contributed by atoms with Crippen LogP contribution in [0.1, 0.15) is 45.2 Å². The molecule has 0 saturated carbocycles. The summed E-state index contributed by atoms with van der Waals surface area (Å²) in [4.78, 5) is 34.7. The Bertz CT molecular complexity index is 533. The minimum Gasteiger partial charge on any atom is -0.464 e. The van der Waals surface area contributed by atoms with Crippen LogP contribution in [0.4, 0.5) is 0 Å². The van der Waals surface area contributed by atoms with Crippen LogP contribution < -0.4 is 5.56 Å². The first kappa shape index (κ1) is 17.1. The van der Waals surface area contributed by atoms with Gasteiger partial charge < -0.3 is 14.1 Å². The van der Waals surface area contributed by atoms with Crippen LogP contribution in [0.5, 0.6) is 0 Å². The van der Waals surface area contributed by atoms with Gasteiger partial charge in [0, 0.05) is 18.7 Å². The number of aromatic nitrogens is 1. The van der Waals surface area contributed by atoms with E-state index in [0.29, 0.717) is 17.9 Å². The topological polar surface area (TPSA) is 65.4 Å². The van der Waals surface area contributed by atoms with Crippen LogP contribution in [0.15, 0.2) is 23.1 Å². The number of hydrogen-bond donors (Lipinski definition) is 0. The fourth-order valence-corrected chi connectivity index (χ4v) is 2.11. The van der Waals surface area contributed by atoms with Gasteiger partial charge in [-0.2, -0.15) is 0 Å². The normalized spacial score (nSPS) is 12.2. The molecule has 1 aromatic heterocycles. The van der Waals surface area contributed by atoms with Gasteiger partial charge in [-0.1, -0.05) is 13.8 Å². The van der Waals surface area contributed by atoms with Gasteiger partial charge in [0.1, 0.15) is 12.3 Å². The van der Waals surface area contributed by atoms with E-state index >= 15 is 0 Å².